The van der Waals surface area contributed by atoms with E-state index in [2.05, 4.69) is 11.9 Å². The zero-order chi connectivity index (χ0) is 17.4. The third-order valence-corrected chi connectivity index (χ3v) is 3.81. The molecular weight excluding hydrogens is 298 g/mol. The second-order valence-corrected chi connectivity index (χ2v) is 5.66. The van der Waals surface area contributed by atoms with Gasteiger partial charge in [-0.2, -0.15) is 0 Å². The van der Waals surface area contributed by atoms with E-state index in [-0.39, 0.29) is 5.92 Å². The maximum atomic E-state index is 10.3. The molecule has 5 N–H and O–H groups in total. The van der Waals surface area contributed by atoms with Gasteiger partial charge in [0, 0.05) is 5.69 Å². The molecule has 0 aliphatic rings. The summed E-state index contributed by atoms with van der Waals surface area (Å²) in [4.78, 5) is 0. The van der Waals surface area contributed by atoms with Crippen LogP contribution in [0.4, 0.5) is 5.69 Å². The predicted molar refractivity (Wildman–Crippen MR) is 89.5 cm³/mol. The van der Waals surface area contributed by atoms with Crippen LogP contribution < -0.4 is 10.1 Å². The lowest BCUT2D eigenvalue weighted by molar-refractivity contribution is -0.0824. The molecule has 5 atom stereocenters. The van der Waals surface area contributed by atoms with E-state index in [4.69, 9.17) is 9.84 Å². The Labute approximate surface area is 137 Å². The van der Waals surface area contributed by atoms with Gasteiger partial charge in [0.25, 0.3) is 0 Å². The van der Waals surface area contributed by atoms with Gasteiger partial charge in [-0.25, -0.2) is 0 Å². The molecule has 0 spiro atoms. The van der Waals surface area contributed by atoms with Crippen molar-refractivity contribution < 1.29 is 25.2 Å². The van der Waals surface area contributed by atoms with Crippen molar-refractivity contribution in [3.63, 3.8) is 0 Å². The molecule has 6 nitrogen and oxygen atoms in total. The number of rotatable bonds is 10. The van der Waals surface area contributed by atoms with Gasteiger partial charge in [-0.15, -0.1) is 6.58 Å². The number of aliphatic hydroxyl groups excluding tert-OH is 4. The van der Waals surface area contributed by atoms with Crippen molar-refractivity contribution in [2.24, 2.45) is 5.92 Å². The lowest BCUT2D eigenvalue weighted by Crippen LogP contribution is -2.49. The average molecular weight is 325 g/mol. The predicted octanol–water partition coefficient (Wildman–Crippen LogP) is 0.763. The summed E-state index contributed by atoms with van der Waals surface area (Å²) in [5.74, 6) is 0.807. The summed E-state index contributed by atoms with van der Waals surface area (Å²) in [7, 11) is 1.58. The molecule has 0 radical (unpaired) electrons. The number of ether oxygens (including phenoxy) is 1. The minimum absolute atomic E-state index is 0.0962. The van der Waals surface area contributed by atoms with E-state index in [1.807, 2.05) is 6.92 Å². The second-order valence-electron chi connectivity index (χ2n) is 5.66. The Morgan fingerprint density at radius 3 is 2.26 bits per heavy atom. The van der Waals surface area contributed by atoms with Crippen LogP contribution in [0.2, 0.25) is 0 Å². The quantitative estimate of drug-likeness (QED) is 0.407. The number of anilines is 1. The van der Waals surface area contributed by atoms with E-state index in [0.29, 0.717) is 12.2 Å². The molecule has 0 aliphatic carbocycles. The number of aliphatic hydroxyl groups is 4. The molecule has 0 heterocycles. The summed E-state index contributed by atoms with van der Waals surface area (Å²) in [5.41, 5.74) is 0.747. The minimum Gasteiger partial charge on any atom is -0.497 e. The molecule has 0 fully saturated rings. The van der Waals surface area contributed by atoms with E-state index in [1.54, 1.807) is 37.5 Å². The van der Waals surface area contributed by atoms with Gasteiger partial charge in [0.1, 0.15) is 24.1 Å². The van der Waals surface area contributed by atoms with Crippen molar-refractivity contribution in [2.45, 2.75) is 37.7 Å². The fourth-order valence-electron chi connectivity index (χ4n) is 2.26. The molecule has 0 amide bonds. The van der Waals surface area contributed by atoms with Gasteiger partial charge in [0.15, 0.2) is 0 Å². The van der Waals surface area contributed by atoms with E-state index in [9.17, 15) is 15.3 Å². The first-order valence-corrected chi connectivity index (χ1v) is 7.61. The highest BCUT2D eigenvalue weighted by Crippen LogP contribution is 2.21. The Hall–Kier alpha value is -1.60. The molecule has 130 valence electrons. The Morgan fingerprint density at radius 2 is 1.78 bits per heavy atom. The number of allylic oxidation sites excluding steroid dienone is 1. The zero-order valence-electron chi connectivity index (χ0n) is 13.6. The highest BCUT2D eigenvalue weighted by atomic mass is 16.5. The monoisotopic (exact) mass is 325 g/mol. The molecule has 23 heavy (non-hydrogen) atoms. The van der Waals surface area contributed by atoms with Crippen LogP contribution in [0, 0.1) is 5.92 Å². The second kappa shape index (κ2) is 9.52. The van der Waals surface area contributed by atoms with Crippen molar-refractivity contribution in [2.75, 3.05) is 19.0 Å². The lowest BCUT2D eigenvalue weighted by atomic mass is 9.93. The molecule has 0 saturated carbocycles. The number of benzene rings is 1. The number of nitrogens with one attached hydrogen (secondary N) is 1. The largest absolute Gasteiger partial charge is 0.497 e. The third kappa shape index (κ3) is 5.84. The van der Waals surface area contributed by atoms with Crippen LogP contribution in [0.25, 0.3) is 0 Å². The SMILES string of the molecule is C=CC(C)CC(Nc1ccc(OC)cc1)[C@H](O)[C@H](O)[C@H](O)CO. The van der Waals surface area contributed by atoms with Gasteiger partial charge in [-0.3, -0.25) is 0 Å². The third-order valence-electron chi connectivity index (χ3n) is 3.81. The first-order chi connectivity index (χ1) is 10.9. The highest BCUT2D eigenvalue weighted by Gasteiger charge is 2.31. The minimum atomic E-state index is -1.45. The van der Waals surface area contributed by atoms with Gasteiger partial charge < -0.3 is 30.5 Å². The van der Waals surface area contributed by atoms with Gasteiger partial charge in [-0.1, -0.05) is 13.0 Å². The van der Waals surface area contributed by atoms with Gasteiger partial charge in [0.2, 0.25) is 0 Å². The Bertz CT molecular complexity index is 465. The summed E-state index contributed by atoms with van der Waals surface area (Å²) in [5, 5.41) is 41.9. The first-order valence-electron chi connectivity index (χ1n) is 7.61. The number of hydrogen-bond acceptors (Lipinski definition) is 6. The summed E-state index contributed by atoms with van der Waals surface area (Å²) in [6.07, 6.45) is -1.84. The summed E-state index contributed by atoms with van der Waals surface area (Å²) >= 11 is 0. The Kier molecular flexibility index (Phi) is 8.05. The van der Waals surface area contributed by atoms with Crippen molar-refractivity contribution in [1.29, 1.82) is 0 Å². The van der Waals surface area contributed by atoms with Crippen LogP contribution in [0.1, 0.15) is 13.3 Å². The average Bonchev–Trinajstić information content (AvgIpc) is 2.59. The molecule has 1 rings (SSSR count). The fraction of sp³-hybridized carbons (Fsp3) is 0.529. The first kappa shape index (κ1) is 19.4. The van der Waals surface area contributed by atoms with E-state index < -0.39 is 31.0 Å². The Morgan fingerprint density at radius 1 is 1.17 bits per heavy atom. The molecular formula is C17H27NO5. The highest BCUT2D eigenvalue weighted by molar-refractivity contribution is 5.47. The van der Waals surface area contributed by atoms with E-state index in [0.717, 1.165) is 5.69 Å². The molecule has 0 bridgehead atoms. The number of methoxy groups -OCH3 is 1. The molecule has 0 saturated heterocycles. The lowest BCUT2D eigenvalue weighted by Gasteiger charge is -2.31. The van der Waals surface area contributed by atoms with Gasteiger partial charge in [-0.05, 0) is 36.6 Å². The summed E-state index contributed by atoms with van der Waals surface area (Å²) < 4.78 is 5.10. The normalized spacial score (nSPS) is 17.7. The molecule has 1 aromatic rings. The van der Waals surface area contributed by atoms with Crippen LogP contribution >= 0.6 is 0 Å². The summed E-state index contributed by atoms with van der Waals surface area (Å²) in [6.45, 7) is 5.04. The fourth-order valence-corrected chi connectivity index (χ4v) is 2.26. The summed E-state index contributed by atoms with van der Waals surface area (Å²) in [6, 6.07) is 6.63. The van der Waals surface area contributed by atoms with Crippen molar-refractivity contribution in [3.8, 4) is 5.75 Å². The van der Waals surface area contributed by atoms with Crippen LogP contribution in [-0.4, -0.2) is 58.5 Å². The molecule has 6 heteroatoms. The smallest absolute Gasteiger partial charge is 0.119 e. The van der Waals surface area contributed by atoms with Crippen LogP contribution in [0.15, 0.2) is 36.9 Å². The van der Waals surface area contributed by atoms with Crippen LogP contribution in [0.5, 0.6) is 5.75 Å². The zero-order valence-corrected chi connectivity index (χ0v) is 13.6. The molecule has 0 aliphatic heterocycles. The van der Waals surface area contributed by atoms with Crippen molar-refractivity contribution >= 4 is 5.69 Å². The molecule has 0 aromatic heterocycles. The van der Waals surface area contributed by atoms with Crippen molar-refractivity contribution in [1.82, 2.24) is 0 Å². The molecule has 2 unspecified atom stereocenters. The van der Waals surface area contributed by atoms with Crippen LogP contribution in [0.3, 0.4) is 0 Å². The van der Waals surface area contributed by atoms with Crippen molar-refractivity contribution in [3.05, 3.63) is 36.9 Å². The maximum absolute atomic E-state index is 10.3. The van der Waals surface area contributed by atoms with Gasteiger partial charge >= 0.3 is 0 Å². The topological polar surface area (TPSA) is 102 Å². The standard InChI is InChI=1S/C17H27NO5/c1-4-11(2)9-14(16(21)17(22)15(20)10-19)18-12-5-7-13(23-3)8-6-12/h4-8,11,14-22H,1,9-10H2,2-3H3/t11?,14?,15-,16+,17-/m1/s1. The van der Waals surface area contributed by atoms with E-state index in [1.165, 1.54) is 0 Å². The Balaban J connectivity index is 2.87. The van der Waals surface area contributed by atoms with Gasteiger partial charge in [0.05, 0.1) is 19.8 Å². The maximum Gasteiger partial charge on any atom is 0.119 e. The van der Waals surface area contributed by atoms with Crippen LogP contribution in [-0.2, 0) is 0 Å². The number of hydrogen-bond donors (Lipinski definition) is 5. The molecule has 1 aromatic carbocycles. The van der Waals surface area contributed by atoms with E-state index >= 15 is 0 Å².